The molecule has 0 radical (unpaired) electrons. The standard InChI is InChI=1S/C17H30N2O6/c1-11-9-10-12(13(20)23-8)19(15(22)25-17(5,6)7)18(11)14(21)24-16(2,3)4/h11-12H,9-10H2,1-8H3. The second-order valence-electron chi connectivity index (χ2n) is 8.12. The van der Waals surface area contributed by atoms with Crippen molar-refractivity contribution in [2.75, 3.05) is 7.11 Å². The lowest BCUT2D eigenvalue weighted by atomic mass is 10.0. The molecule has 8 nitrogen and oxygen atoms in total. The summed E-state index contributed by atoms with van der Waals surface area (Å²) in [6, 6.07) is -1.27. The van der Waals surface area contributed by atoms with Crippen molar-refractivity contribution >= 4 is 18.2 Å². The van der Waals surface area contributed by atoms with E-state index < -0.39 is 35.4 Å². The highest BCUT2D eigenvalue weighted by atomic mass is 16.6. The van der Waals surface area contributed by atoms with Crippen LogP contribution in [0.2, 0.25) is 0 Å². The van der Waals surface area contributed by atoms with E-state index in [9.17, 15) is 14.4 Å². The summed E-state index contributed by atoms with van der Waals surface area (Å²) < 4.78 is 15.6. The highest BCUT2D eigenvalue weighted by molar-refractivity contribution is 5.83. The monoisotopic (exact) mass is 358 g/mol. The smallest absolute Gasteiger partial charge is 0.430 e. The fourth-order valence-corrected chi connectivity index (χ4v) is 2.46. The Hall–Kier alpha value is -1.99. The van der Waals surface area contributed by atoms with Crippen LogP contribution in [0.25, 0.3) is 0 Å². The maximum Gasteiger partial charge on any atom is 0.430 e. The number of ether oxygens (including phenoxy) is 3. The molecule has 0 N–H and O–H groups in total. The van der Waals surface area contributed by atoms with Gasteiger partial charge in [0.25, 0.3) is 0 Å². The highest BCUT2D eigenvalue weighted by Gasteiger charge is 2.46. The first-order valence-electron chi connectivity index (χ1n) is 8.39. The van der Waals surface area contributed by atoms with Gasteiger partial charge in [-0.05, 0) is 61.3 Å². The molecule has 0 aromatic rings. The number of hydrazine groups is 1. The average Bonchev–Trinajstić information content (AvgIpc) is 2.42. The van der Waals surface area contributed by atoms with E-state index in [0.717, 1.165) is 10.0 Å². The quantitative estimate of drug-likeness (QED) is 0.529. The second kappa shape index (κ2) is 7.49. The summed E-state index contributed by atoms with van der Waals surface area (Å²) in [5.74, 6) is -0.605. The summed E-state index contributed by atoms with van der Waals surface area (Å²) in [7, 11) is 1.24. The van der Waals surface area contributed by atoms with Crippen LogP contribution < -0.4 is 0 Å². The predicted octanol–water partition coefficient (Wildman–Crippen LogP) is 3.10. The van der Waals surface area contributed by atoms with Gasteiger partial charge in [-0.15, -0.1) is 0 Å². The number of nitrogens with zero attached hydrogens (tertiary/aromatic N) is 2. The van der Waals surface area contributed by atoms with Gasteiger partial charge < -0.3 is 14.2 Å². The van der Waals surface area contributed by atoms with Gasteiger partial charge in [-0.25, -0.2) is 19.4 Å². The molecule has 1 aliphatic rings. The summed E-state index contributed by atoms with van der Waals surface area (Å²) in [4.78, 5) is 37.5. The molecule has 1 heterocycles. The summed E-state index contributed by atoms with van der Waals surface area (Å²) in [6.45, 7) is 12.1. The zero-order valence-corrected chi connectivity index (χ0v) is 16.4. The van der Waals surface area contributed by atoms with Crippen LogP contribution in [-0.2, 0) is 19.0 Å². The van der Waals surface area contributed by atoms with E-state index in [1.165, 1.54) is 7.11 Å². The van der Waals surface area contributed by atoms with E-state index in [4.69, 9.17) is 14.2 Å². The molecule has 0 spiro atoms. The van der Waals surface area contributed by atoms with E-state index in [0.29, 0.717) is 12.8 Å². The van der Waals surface area contributed by atoms with Crippen molar-refractivity contribution in [3.8, 4) is 0 Å². The number of carbonyl (C=O) groups is 3. The molecular weight excluding hydrogens is 328 g/mol. The van der Waals surface area contributed by atoms with Gasteiger partial charge in [0.05, 0.1) is 13.2 Å². The fourth-order valence-electron chi connectivity index (χ4n) is 2.46. The largest absolute Gasteiger partial charge is 0.467 e. The minimum atomic E-state index is -0.941. The Kier molecular flexibility index (Phi) is 6.31. The van der Waals surface area contributed by atoms with Crippen molar-refractivity contribution < 1.29 is 28.6 Å². The molecule has 8 heteroatoms. The van der Waals surface area contributed by atoms with Crippen molar-refractivity contribution in [1.29, 1.82) is 0 Å². The number of carbonyl (C=O) groups excluding carboxylic acids is 3. The van der Waals surface area contributed by atoms with E-state index in [2.05, 4.69) is 0 Å². The molecule has 2 unspecified atom stereocenters. The molecule has 2 atom stereocenters. The normalized spacial score (nSPS) is 21.6. The topological polar surface area (TPSA) is 85.4 Å². The van der Waals surface area contributed by atoms with Crippen molar-refractivity contribution in [2.24, 2.45) is 0 Å². The maximum atomic E-state index is 12.7. The predicted molar refractivity (Wildman–Crippen MR) is 90.6 cm³/mol. The third-order valence-corrected chi connectivity index (χ3v) is 3.44. The van der Waals surface area contributed by atoms with Crippen LogP contribution in [0.5, 0.6) is 0 Å². The van der Waals surface area contributed by atoms with Gasteiger partial charge in [0.1, 0.15) is 11.2 Å². The Morgan fingerprint density at radius 3 is 1.68 bits per heavy atom. The van der Waals surface area contributed by atoms with Crippen LogP contribution in [0, 0.1) is 0 Å². The Balaban J connectivity index is 3.23. The van der Waals surface area contributed by atoms with Gasteiger partial charge in [0, 0.05) is 0 Å². The molecule has 25 heavy (non-hydrogen) atoms. The third-order valence-electron chi connectivity index (χ3n) is 3.44. The molecular formula is C17H30N2O6. The number of hydrogen-bond donors (Lipinski definition) is 0. The van der Waals surface area contributed by atoms with Crippen LogP contribution in [0.1, 0.15) is 61.3 Å². The second-order valence-corrected chi connectivity index (χ2v) is 8.12. The van der Waals surface area contributed by atoms with Gasteiger partial charge >= 0.3 is 18.2 Å². The molecule has 0 aromatic carbocycles. The molecule has 0 bridgehead atoms. The Morgan fingerprint density at radius 2 is 1.28 bits per heavy atom. The van der Waals surface area contributed by atoms with E-state index in [1.807, 2.05) is 0 Å². The lowest BCUT2D eigenvalue weighted by Crippen LogP contribution is -2.64. The molecule has 0 aliphatic carbocycles. The summed E-state index contributed by atoms with van der Waals surface area (Å²) >= 11 is 0. The third kappa shape index (κ3) is 5.79. The first kappa shape index (κ1) is 21.1. The molecule has 0 saturated carbocycles. The summed E-state index contributed by atoms with van der Waals surface area (Å²) in [5.41, 5.74) is -1.52. The van der Waals surface area contributed by atoms with Gasteiger partial charge in [0.2, 0.25) is 0 Å². The zero-order valence-electron chi connectivity index (χ0n) is 16.4. The number of rotatable bonds is 1. The summed E-state index contributed by atoms with van der Waals surface area (Å²) in [5, 5.41) is 2.18. The molecule has 1 fully saturated rings. The Bertz CT molecular complexity index is 520. The fraction of sp³-hybridized carbons (Fsp3) is 0.824. The molecule has 0 aromatic heterocycles. The Labute approximate surface area is 149 Å². The molecule has 144 valence electrons. The lowest BCUT2D eigenvalue weighted by Gasteiger charge is -2.45. The highest BCUT2D eigenvalue weighted by Crippen LogP contribution is 2.28. The van der Waals surface area contributed by atoms with Crippen molar-refractivity contribution in [2.45, 2.75) is 84.6 Å². The minimum Gasteiger partial charge on any atom is -0.467 e. The van der Waals surface area contributed by atoms with Gasteiger partial charge in [-0.3, -0.25) is 0 Å². The van der Waals surface area contributed by atoms with E-state index >= 15 is 0 Å². The average molecular weight is 358 g/mol. The SMILES string of the molecule is COC(=O)C1CCC(C)N(C(=O)OC(C)(C)C)N1C(=O)OC(C)(C)C. The Morgan fingerprint density at radius 1 is 0.840 bits per heavy atom. The van der Waals surface area contributed by atoms with Crippen LogP contribution in [0.3, 0.4) is 0 Å². The summed E-state index contributed by atoms with van der Waals surface area (Å²) in [6.07, 6.45) is -0.607. The van der Waals surface area contributed by atoms with Gasteiger partial charge in [-0.2, -0.15) is 5.01 Å². The number of amides is 2. The van der Waals surface area contributed by atoms with E-state index in [1.54, 1.807) is 48.5 Å². The van der Waals surface area contributed by atoms with E-state index in [-0.39, 0.29) is 6.04 Å². The van der Waals surface area contributed by atoms with Crippen LogP contribution in [0.4, 0.5) is 9.59 Å². The van der Waals surface area contributed by atoms with Crippen LogP contribution in [0.15, 0.2) is 0 Å². The first-order valence-corrected chi connectivity index (χ1v) is 8.39. The van der Waals surface area contributed by atoms with Gasteiger partial charge in [-0.1, -0.05) is 0 Å². The molecule has 2 amide bonds. The van der Waals surface area contributed by atoms with Crippen molar-refractivity contribution in [1.82, 2.24) is 10.0 Å². The number of methoxy groups -OCH3 is 1. The van der Waals surface area contributed by atoms with Crippen molar-refractivity contribution in [3.05, 3.63) is 0 Å². The first-order chi connectivity index (χ1) is 11.3. The van der Waals surface area contributed by atoms with Crippen LogP contribution in [-0.4, -0.2) is 58.6 Å². The maximum absolute atomic E-state index is 12.7. The number of hydrogen-bond acceptors (Lipinski definition) is 6. The lowest BCUT2D eigenvalue weighted by molar-refractivity contribution is -0.163. The van der Waals surface area contributed by atoms with Crippen LogP contribution >= 0.6 is 0 Å². The number of esters is 1. The van der Waals surface area contributed by atoms with Gasteiger partial charge in [0.15, 0.2) is 6.04 Å². The minimum absolute atomic E-state index is 0.330. The van der Waals surface area contributed by atoms with Crippen molar-refractivity contribution in [3.63, 3.8) is 0 Å². The zero-order chi connectivity index (χ0) is 19.6. The molecule has 1 saturated heterocycles. The molecule has 1 rings (SSSR count). The molecule has 1 aliphatic heterocycles.